The van der Waals surface area contributed by atoms with Crippen molar-refractivity contribution < 1.29 is 23.1 Å². The highest BCUT2D eigenvalue weighted by atomic mass is 79.9. The summed E-state index contributed by atoms with van der Waals surface area (Å²) in [4.78, 5) is 23.8. The topological polar surface area (TPSA) is 91.8 Å². The number of fused-ring (bicyclic) bond motifs is 1. The SMILES string of the molecule is CC1(C)[C@@H](C(=O)O)N2C(=O)C(Br)(Br)[C@@H]2S1(=O)=O. The third-order valence-corrected chi connectivity index (χ3v) is 8.29. The molecule has 6 nitrogen and oxygen atoms in total. The van der Waals surface area contributed by atoms with E-state index < -0.39 is 41.1 Å². The van der Waals surface area contributed by atoms with Gasteiger partial charge in [-0.15, -0.1) is 0 Å². The lowest BCUT2D eigenvalue weighted by atomic mass is 9.98. The molecule has 2 saturated heterocycles. The molecule has 9 heteroatoms. The minimum absolute atomic E-state index is 0.580. The summed E-state index contributed by atoms with van der Waals surface area (Å²) >= 11 is 5.99. The summed E-state index contributed by atoms with van der Waals surface area (Å²) in [5, 5.41) is 7.92. The zero-order valence-corrected chi connectivity index (χ0v) is 12.8. The summed E-state index contributed by atoms with van der Waals surface area (Å²) in [5.74, 6) is -1.89. The Morgan fingerprint density at radius 2 is 1.88 bits per heavy atom. The highest BCUT2D eigenvalue weighted by Crippen LogP contribution is 2.56. The summed E-state index contributed by atoms with van der Waals surface area (Å²) in [6.45, 7) is 2.64. The van der Waals surface area contributed by atoms with Gasteiger partial charge in [-0.2, -0.15) is 0 Å². The Labute approximate surface area is 115 Å². The largest absolute Gasteiger partial charge is 0.480 e. The number of β-lactam (4-membered cyclic amide) rings is 1. The van der Waals surface area contributed by atoms with E-state index in [0.29, 0.717) is 0 Å². The second-order valence-electron chi connectivity index (χ2n) is 4.58. The second kappa shape index (κ2) is 3.24. The molecule has 0 saturated carbocycles. The molecule has 0 bridgehead atoms. The van der Waals surface area contributed by atoms with Gasteiger partial charge in [-0.05, 0) is 13.8 Å². The predicted octanol–water partition coefficient (Wildman–Crippen LogP) is 0.301. The number of rotatable bonds is 1. The Kier molecular flexibility index (Phi) is 2.53. The fourth-order valence-electron chi connectivity index (χ4n) is 2.28. The van der Waals surface area contributed by atoms with E-state index >= 15 is 0 Å². The van der Waals surface area contributed by atoms with Gasteiger partial charge in [-0.25, -0.2) is 13.2 Å². The maximum absolute atomic E-state index is 12.2. The lowest BCUT2D eigenvalue weighted by molar-refractivity contribution is -0.157. The standard InChI is InChI=1S/C8H9Br2NO5S/c1-7(2)3(4(12)13)11-5(14)8(9,10)6(11)17(7,15)16/h3,6H,1-2H3,(H,12,13)/t3-,6+/m1/s1. The van der Waals surface area contributed by atoms with Crippen LogP contribution < -0.4 is 0 Å². The van der Waals surface area contributed by atoms with Crippen LogP contribution in [0.25, 0.3) is 0 Å². The van der Waals surface area contributed by atoms with Crippen LogP contribution in [-0.2, 0) is 19.4 Å². The Morgan fingerprint density at radius 3 is 2.29 bits per heavy atom. The quantitative estimate of drug-likeness (QED) is 0.513. The van der Waals surface area contributed by atoms with E-state index in [2.05, 4.69) is 31.9 Å². The highest BCUT2D eigenvalue weighted by Gasteiger charge is 2.77. The van der Waals surface area contributed by atoms with E-state index in [0.717, 1.165) is 4.90 Å². The van der Waals surface area contributed by atoms with Crippen LogP contribution in [-0.4, -0.2) is 49.7 Å². The van der Waals surface area contributed by atoms with Crippen LogP contribution in [0.4, 0.5) is 0 Å². The van der Waals surface area contributed by atoms with Gasteiger partial charge in [0, 0.05) is 0 Å². The summed E-state index contributed by atoms with van der Waals surface area (Å²) in [6, 6.07) is -1.35. The van der Waals surface area contributed by atoms with Crippen molar-refractivity contribution in [1.82, 2.24) is 4.90 Å². The molecule has 0 radical (unpaired) electrons. The lowest BCUT2D eigenvalue weighted by Gasteiger charge is -2.45. The number of nitrogens with zero attached hydrogens (tertiary/aromatic N) is 1. The number of hydrogen-bond donors (Lipinski definition) is 1. The maximum atomic E-state index is 12.2. The van der Waals surface area contributed by atoms with Crippen LogP contribution >= 0.6 is 31.9 Å². The molecule has 96 valence electrons. The first-order valence-electron chi connectivity index (χ1n) is 4.64. The summed E-state index contributed by atoms with van der Waals surface area (Å²) in [7, 11) is -3.77. The van der Waals surface area contributed by atoms with Crippen LogP contribution in [0.15, 0.2) is 0 Å². The van der Waals surface area contributed by atoms with Gasteiger partial charge in [0.05, 0.1) is 0 Å². The molecule has 2 fully saturated rings. The van der Waals surface area contributed by atoms with Gasteiger partial charge in [0.25, 0.3) is 5.91 Å². The Morgan fingerprint density at radius 1 is 1.41 bits per heavy atom. The number of hydrogen-bond acceptors (Lipinski definition) is 4. The normalized spacial score (nSPS) is 36.2. The van der Waals surface area contributed by atoms with Crippen LogP contribution in [0.3, 0.4) is 0 Å². The number of halogens is 2. The van der Waals surface area contributed by atoms with Crippen molar-refractivity contribution in [3.63, 3.8) is 0 Å². The number of carboxylic acid groups (broad SMARTS) is 1. The van der Waals surface area contributed by atoms with Gasteiger partial charge in [-0.3, -0.25) is 4.79 Å². The van der Waals surface area contributed by atoms with Crippen LogP contribution in [0.2, 0.25) is 0 Å². The first kappa shape index (κ1) is 13.3. The molecule has 2 rings (SSSR count). The molecule has 2 atom stereocenters. The van der Waals surface area contributed by atoms with Gasteiger partial charge < -0.3 is 10.0 Å². The third-order valence-electron chi connectivity index (χ3n) is 3.28. The van der Waals surface area contributed by atoms with Crippen LogP contribution in [0.5, 0.6) is 0 Å². The zero-order chi connectivity index (χ0) is 13.4. The van der Waals surface area contributed by atoms with E-state index in [1.807, 2.05) is 0 Å². The smallest absolute Gasteiger partial charge is 0.328 e. The lowest BCUT2D eigenvalue weighted by Crippen LogP contribution is -2.69. The highest BCUT2D eigenvalue weighted by molar-refractivity contribution is 9.26. The number of aliphatic carboxylic acids is 1. The van der Waals surface area contributed by atoms with Crippen molar-refractivity contribution in [3.8, 4) is 0 Å². The van der Waals surface area contributed by atoms with E-state index in [-0.39, 0.29) is 0 Å². The molecular formula is C8H9Br2NO5S. The molecule has 0 aromatic carbocycles. The zero-order valence-electron chi connectivity index (χ0n) is 8.85. The molecule has 0 spiro atoms. The van der Waals surface area contributed by atoms with E-state index in [4.69, 9.17) is 5.11 Å². The number of carbonyl (C=O) groups is 2. The fraction of sp³-hybridized carbons (Fsp3) is 0.750. The van der Waals surface area contributed by atoms with Crippen molar-refractivity contribution in [3.05, 3.63) is 0 Å². The summed E-state index contributed by atoms with van der Waals surface area (Å²) in [6.07, 6.45) is 0. The Hall–Kier alpha value is -0.150. The van der Waals surface area contributed by atoms with Gasteiger partial charge >= 0.3 is 5.97 Å². The van der Waals surface area contributed by atoms with Crippen molar-refractivity contribution in [2.45, 2.75) is 33.2 Å². The first-order chi connectivity index (χ1) is 7.47. The molecule has 2 heterocycles. The molecule has 2 aliphatic rings. The van der Waals surface area contributed by atoms with Crippen molar-refractivity contribution in [1.29, 1.82) is 0 Å². The molecule has 2 aliphatic heterocycles. The van der Waals surface area contributed by atoms with E-state index in [1.165, 1.54) is 13.8 Å². The molecule has 1 N–H and O–H groups in total. The van der Waals surface area contributed by atoms with Gasteiger partial charge in [-0.1, -0.05) is 31.9 Å². The number of amides is 1. The summed E-state index contributed by atoms with van der Waals surface area (Å²) < 4.78 is 21.6. The van der Waals surface area contributed by atoms with Crippen LogP contribution in [0, 0.1) is 0 Å². The molecular weight excluding hydrogens is 382 g/mol. The first-order valence-corrected chi connectivity index (χ1v) is 7.77. The molecule has 0 aliphatic carbocycles. The van der Waals surface area contributed by atoms with E-state index in [1.54, 1.807) is 0 Å². The molecule has 0 aromatic heterocycles. The van der Waals surface area contributed by atoms with Crippen molar-refractivity contribution in [2.24, 2.45) is 0 Å². The van der Waals surface area contributed by atoms with Gasteiger partial charge in [0.1, 0.15) is 10.8 Å². The average molecular weight is 391 g/mol. The van der Waals surface area contributed by atoms with Gasteiger partial charge in [0.2, 0.25) is 0 Å². The number of carboxylic acids is 1. The molecule has 17 heavy (non-hydrogen) atoms. The van der Waals surface area contributed by atoms with Crippen molar-refractivity contribution >= 4 is 53.6 Å². The molecule has 0 aromatic rings. The van der Waals surface area contributed by atoms with Crippen LogP contribution in [0.1, 0.15) is 13.8 Å². The van der Waals surface area contributed by atoms with E-state index in [9.17, 15) is 18.0 Å². The minimum atomic E-state index is -3.77. The van der Waals surface area contributed by atoms with Crippen molar-refractivity contribution in [2.75, 3.05) is 0 Å². The molecule has 1 amide bonds. The monoisotopic (exact) mass is 389 g/mol. The average Bonchev–Trinajstić information content (AvgIpc) is 2.29. The Bertz CT molecular complexity index is 526. The molecule has 0 unspecified atom stereocenters. The fourth-order valence-corrected chi connectivity index (χ4v) is 6.72. The second-order valence-corrected chi connectivity index (χ2v) is 10.7. The predicted molar refractivity (Wildman–Crippen MR) is 65.6 cm³/mol. The maximum Gasteiger partial charge on any atom is 0.328 e. The van der Waals surface area contributed by atoms with Gasteiger partial charge in [0.15, 0.2) is 18.4 Å². The number of alkyl halides is 2. The Balaban J connectivity index is 2.65. The summed E-state index contributed by atoms with van der Waals surface area (Å²) in [5.41, 5.74) is 0. The third kappa shape index (κ3) is 1.27. The number of sulfone groups is 1. The minimum Gasteiger partial charge on any atom is -0.480 e. The number of carbonyl (C=O) groups excluding carboxylic acids is 1.